The van der Waals surface area contributed by atoms with E-state index >= 15 is 0 Å². The van der Waals surface area contributed by atoms with Crippen LogP contribution < -0.4 is 19.7 Å². The number of aromatic nitrogens is 2. The number of nitrogens with one attached hydrogen (secondary N) is 2. The van der Waals surface area contributed by atoms with Gasteiger partial charge in [-0.3, -0.25) is 0 Å². The molecule has 142 valence electrons. The number of hydrogen-bond acceptors (Lipinski definition) is 7. The van der Waals surface area contributed by atoms with Gasteiger partial charge in [-0.2, -0.15) is 0 Å². The van der Waals surface area contributed by atoms with Gasteiger partial charge >= 0.3 is 0 Å². The summed E-state index contributed by atoms with van der Waals surface area (Å²) >= 11 is 0. The average Bonchev–Trinajstić information content (AvgIpc) is 2.58. The van der Waals surface area contributed by atoms with E-state index in [0.29, 0.717) is 18.2 Å². The highest BCUT2D eigenvalue weighted by atomic mass is 32.2. The Morgan fingerprint density at radius 1 is 1.19 bits per heavy atom. The SMILES string of the molecule is COc1ccc(F)cc1S(=O)(=O)NCCNc1cc(N(C)C)nc(C)n1. The Kier molecular flexibility index (Phi) is 6.32. The molecule has 0 aliphatic carbocycles. The molecule has 0 bridgehead atoms. The second-order valence-corrected chi connectivity index (χ2v) is 7.41. The predicted molar refractivity (Wildman–Crippen MR) is 97.7 cm³/mol. The summed E-state index contributed by atoms with van der Waals surface area (Å²) in [4.78, 5) is 10.1. The maximum absolute atomic E-state index is 13.4. The van der Waals surface area contributed by atoms with Gasteiger partial charge in [-0.25, -0.2) is 27.5 Å². The molecule has 0 aliphatic rings. The molecule has 8 nitrogen and oxygen atoms in total. The van der Waals surface area contributed by atoms with E-state index in [2.05, 4.69) is 20.0 Å². The van der Waals surface area contributed by atoms with Crippen molar-refractivity contribution < 1.29 is 17.5 Å². The molecule has 1 aromatic heterocycles. The molecule has 0 amide bonds. The summed E-state index contributed by atoms with van der Waals surface area (Å²) in [7, 11) is 1.16. The number of benzene rings is 1. The molecule has 2 aromatic rings. The Morgan fingerprint density at radius 3 is 2.58 bits per heavy atom. The summed E-state index contributed by atoms with van der Waals surface area (Å²) in [6, 6.07) is 5.09. The van der Waals surface area contributed by atoms with Crippen LogP contribution in [-0.2, 0) is 10.0 Å². The Balaban J connectivity index is 2.01. The van der Waals surface area contributed by atoms with E-state index in [9.17, 15) is 12.8 Å². The summed E-state index contributed by atoms with van der Waals surface area (Å²) in [5, 5.41) is 3.03. The lowest BCUT2D eigenvalue weighted by molar-refractivity contribution is 0.400. The van der Waals surface area contributed by atoms with Gasteiger partial charge in [0.05, 0.1) is 7.11 Å². The average molecular weight is 383 g/mol. The molecule has 0 fully saturated rings. The first kappa shape index (κ1) is 19.9. The zero-order valence-electron chi connectivity index (χ0n) is 15.1. The van der Waals surface area contributed by atoms with Gasteiger partial charge in [0.2, 0.25) is 10.0 Å². The highest BCUT2D eigenvalue weighted by molar-refractivity contribution is 7.89. The topological polar surface area (TPSA) is 96.5 Å². The van der Waals surface area contributed by atoms with Gasteiger partial charge in [-0.05, 0) is 25.1 Å². The lowest BCUT2D eigenvalue weighted by Crippen LogP contribution is -2.29. The summed E-state index contributed by atoms with van der Waals surface area (Å²) in [6.07, 6.45) is 0. The number of halogens is 1. The Morgan fingerprint density at radius 2 is 1.92 bits per heavy atom. The van der Waals surface area contributed by atoms with E-state index in [4.69, 9.17) is 4.74 Å². The van der Waals surface area contributed by atoms with Crippen molar-refractivity contribution >= 4 is 21.7 Å². The standard InChI is InChI=1S/C16H22FN5O3S/c1-11-20-15(10-16(21-11)22(2)3)18-7-8-19-26(23,24)14-9-12(17)5-6-13(14)25-4/h5-6,9-10,19H,7-8H2,1-4H3,(H,18,20,21). The van der Waals surface area contributed by atoms with Gasteiger partial charge in [-0.1, -0.05) is 0 Å². The fourth-order valence-electron chi connectivity index (χ4n) is 2.19. The summed E-state index contributed by atoms with van der Waals surface area (Å²) in [6.45, 7) is 2.15. The second kappa shape index (κ2) is 8.28. The molecule has 0 saturated carbocycles. The van der Waals surface area contributed by atoms with Gasteiger partial charge in [0.25, 0.3) is 0 Å². The molecule has 26 heavy (non-hydrogen) atoms. The molecule has 0 spiro atoms. The molecule has 0 unspecified atom stereocenters. The fraction of sp³-hybridized carbons (Fsp3) is 0.375. The Bertz CT molecular complexity index is 874. The molecular formula is C16H22FN5O3S. The van der Waals surface area contributed by atoms with Gasteiger partial charge in [-0.15, -0.1) is 0 Å². The van der Waals surface area contributed by atoms with Crippen molar-refractivity contribution in [2.75, 3.05) is 44.5 Å². The lowest BCUT2D eigenvalue weighted by Gasteiger charge is -2.14. The zero-order valence-corrected chi connectivity index (χ0v) is 15.9. The molecule has 2 rings (SSSR count). The lowest BCUT2D eigenvalue weighted by atomic mass is 10.3. The third-order valence-electron chi connectivity index (χ3n) is 3.42. The predicted octanol–water partition coefficient (Wildman–Crippen LogP) is 1.39. The van der Waals surface area contributed by atoms with E-state index in [-0.39, 0.29) is 17.2 Å². The Hall–Kier alpha value is -2.46. The highest BCUT2D eigenvalue weighted by Gasteiger charge is 2.19. The summed E-state index contributed by atoms with van der Waals surface area (Å²) in [5.41, 5.74) is 0. The van der Waals surface area contributed by atoms with Crippen LogP contribution in [0.1, 0.15) is 5.82 Å². The first-order chi connectivity index (χ1) is 12.2. The summed E-state index contributed by atoms with van der Waals surface area (Å²) in [5.74, 6) is 1.35. The minimum absolute atomic E-state index is 0.0777. The number of anilines is 2. The minimum atomic E-state index is -3.91. The van der Waals surface area contributed by atoms with E-state index in [1.807, 2.05) is 19.0 Å². The number of nitrogens with zero attached hydrogens (tertiary/aromatic N) is 3. The van der Waals surface area contributed by atoms with Crippen molar-refractivity contribution in [3.8, 4) is 5.75 Å². The van der Waals surface area contributed by atoms with Crippen molar-refractivity contribution in [1.29, 1.82) is 0 Å². The van der Waals surface area contributed by atoms with Gasteiger partial charge < -0.3 is 15.0 Å². The number of rotatable bonds is 8. The van der Waals surface area contributed by atoms with Crippen LogP contribution in [0.15, 0.2) is 29.2 Å². The van der Waals surface area contributed by atoms with E-state index in [1.165, 1.54) is 13.2 Å². The molecule has 1 heterocycles. The van der Waals surface area contributed by atoms with Crippen molar-refractivity contribution in [3.63, 3.8) is 0 Å². The second-order valence-electron chi connectivity index (χ2n) is 5.67. The van der Waals surface area contributed by atoms with Crippen molar-refractivity contribution in [2.45, 2.75) is 11.8 Å². The third kappa shape index (κ3) is 5.02. The van der Waals surface area contributed by atoms with Crippen LogP contribution in [0.2, 0.25) is 0 Å². The molecule has 0 aliphatic heterocycles. The van der Waals surface area contributed by atoms with Gasteiger partial charge in [0.15, 0.2) is 0 Å². The van der Waals surface area contributed by atoms with E-state index in [1.54, 1.807) is 13.0 Å². The maximum atomic E-state index is 13.4. The smallest absolute Gasteiger partial charge is 0.244 e. The maximum Gasteiger partial charge on any atom is 0.244 e. The molecule has 10 heteroatoms. The number of hydrogen-bond donors (Lipinski definition) is 2. The van der Waals surface area contributed by atoms with Crippen LogP contribution >= 0.6 is 0 Å². The number of methoxy groups -OCH3 is 1. The minimum Gasteiger partial charge on any atom is -0.495 e. The van der Waals surface area contributed by atoms with E-state index < -0.39 is 15.8 Å². The van der Waals surface area contributed by atoms with Crippen LogP contribution in [0.4, 0.5) is 16.0 Å². The Labute approximate surface area is 152 Å². The quantitative estimate of drug-likeness (QED) is 0.665. The molecule has 0 atom stereocenters. The first-order valence-electron chi connectivity index (χ1n) is 7.83. The van der Waals surface area contributed by atoms with Crippen LogP contribution in [0.5, 0.6) is 5.75 Å². The monoisotopic (exact) mass is 383 g/mol. The molecule has 1 aromatic carbocycles. The van der Waals surface area contributed by atoms with Crippen LogP contribution in [0.3, 0.4) is 0 Å². The largest absolute Gasteiger partial charge is 0.495 e. The summed E-state index contributed by atoms with van der Waals surface area (Å²) < 4.78 is 45.5. The zero-order chi connectivity index (χ0) is 19.3. The van der Waals surface area contributed by atoms with Crippen LogP contribution in [0.25, 0.3) is 0 Å². The number of ether oxygens (including phenoxy) is 1. The first-order valence-corrected chi connectivity index (χ1v) is 9.31. The number of aryl methyl sites for hydroxylation is 1. The highest BCUT2D eigenvalue weighted by Crippen LogP contribution is 2.24. The third-order valence-corrected chi connectivity index (χ3v) is 4.90. The van der Waals surface area contributed by atoms with Crippen LogP contribution in [0, 0.1) is 12.7 Å². The fourth-order valence-corrected chi connectivity index (χ4v) is 3.40. The van der Waals surface area contributed by atoms with Crippen molar-refractivity contribution in [1.82, 2.24) is 14.7 Å². The van der Waals surface area contributed by atoms with Crippen molar-refractivity contribution in [2.24, 2.45) is 0 Å². The van der Waals surface area contributed by atoms with Crippen molar-refractivity contribution in [3.05, 3.63) is 35.9 Å². The van der Waals surface area contributed by atoms with Crippen LogP contribution in [-0.4, -0.2) is 52.7 Å². The van der Waals surface area contributed by atoms with Gasteiger partial charge in [0.1, 0.15) is 33.9 Å². The molecule has 2 N–H and O–H groups in total. The normalized spacial score (nSPS) is 11.3. The van der Waals surface area contributed by atoms with E-state index in [0.717, 1.165) is 18.0 Å². The molecular weight excluding hydrogens is 361 g/mol. The van der Waals surface area contributed by atoms with Gasteiger partial charge in [0, 0.05) is 33.3 Å². The number of sulfonamides is 1. The molecule has 0 radical (unpaired) electrons. The molecule has 0 saturated heterocycles.